The number of rotatable bonds is 5. The molecule has 2 aliphatic carbocycles. The summed E-state index contributed by atoms with van der Waals surface area (Å²) < 4.78 is 24.5. The maximum Gasteiger partial charge on any atom is 0.238 e. The number of sulfonamides is 1. The molecule has 0 aromatic rings. The first kappa shape index (κ1) is 14.8. The molecule has 0 spiro atoms. The van der Waals surface area contributed by atoms with E-state index in [0.29, 0.717) is 12.1 Å². The predicted octanol–water partition coefficient (Wildman–Crippen LogP) is 1.11. The number of nitrogens with zero attached hydrogens (tertiary/aromatic N) is 1. The molecule has 2 fully saturated rings. The van der Waals surface area contributed by atoms with Crippen LogP contribution >= 0.6 is 0 Å². The number of hydrogen-bond acceptors (Lipinski definition) is 3. The quantitative estimate of drug-likeness (QED) is 0.824. The summed E-state index contributed by atoms with van der Waals surface area (Å²) >= 11 is 0. The van der Waals surface area contributed by atoms with Crippen molar-refractivity contribution in [2.24, 2.45) is 5.92 Å². The zero-order valence-corrected chi connectivity index (χ0v) is 12.6. The van der Waals surface area contributed by atoms with Crippen molar-refractivity contribution in [3.8, 4) is 0 Å². The van der Waals surface area contributed by atoms with Gasteiger partial charge < -0.3 is 4.90 Å². The minimum Gasteiger partial charge on any atom is -0.336 e. The Bertz CT molecular complexity index is 423. The van der Waals surface area contributed by atoms with Gasteiger partial charge in [0.05, 0.1) is 12.8 Å². The molecule has 0 saturated heterocycles. The van der Waals surface area contributed by atoms with E-state index < -0.39 is 10.0 Å². The maximum absolute atomic E-state index is 12.3. The molecule has 0 atom stereocenters. The first-order valence-corrected chi connectivity index (χ1v) is 9.02. The van der Waals surface area contributed by atoms with Crippen molar-refractivity contribution >= 4 is 15.9 Å². The molecule has 6 heteroatoms. The molecule has 5 nitrogen and oxygen atoms in total. The maximum atomic E-state index is 12.3. The van der Waals surface area contributed by atoms with Gasteiger partial charge in [-0.3, -0.25) is 4.79 Å². The first-order chi connectivity index (χ1) is 8.87. The number of carbonyl (C=O) groups excluding carboxylic acids is 1. The normalized spacial score (nSPS) is 28.1. The van der Waals surface area contributed by atoms with Crippen LogP contribution in [0.2, 0.25) is 0 Å². The van der Waals surface area contributed by atoms with Crippen LogP contribution < -0.4 is 4.72 Å². The third-order valence-corrected chi connectivity index (χ3v) is 4.76. The van der Waals surface area contributed by atoms with Crippen LogP contribution in [0.15, 0.2) is 0 Å². The van der Waals surface area contributed by atoms with Gasteiger partial charge in [-0.2, -0.15) is 0 Å². The van der Waals surface area contributed by atoms with Crippen LogP contribution in [0.3, 0.4) is 0 Å². The summed E-state index contributed by atoms with van der Waals surface area (Å²) in [5.41, 5.74) is 0. The smallest absolute Gasteiger partial charge is 0.238 e. The van der Waals surface area contributed by atoms with E-state index in [0.717, 1.165) is 37.9 Å². The fourth-order valence-electron chi connectivity index (χ4n) is 2.86. The largest absolute Gasteiger partial charge is 0.336 e. The van der Waals surface area contributed by atoms with Crippen molar-refractivity contribution < 1.29 is 13.2 Å². The highest BCUT2D eigenvalue weighted by molar-refractivity contribution is 7.88. The van der Waals surface area contributed by atoms with Crippen LogP contribution in [-0.2, 0) is 14.8 Å². The molecule has 2 aliphatic rings. The number of nitrogens with one attached hydrogen (secondary N) is 1. The zero-order chi connectivity index (χ0) is 14.0. The van der Waals surface area contributed by atoms with Gasteiger partial charge in [0.25, 0.3) is 0 Å². The number of carbonyl (C=O) groups is 1. The van der Waals surface area contributed by atoms with Crippen molar-refractivity contribution in [2.75, 3.05) is 12.8 Å². The van der Waals surface area contributed by atoms with E-state index in [-0.39, 0.29) is 12.5 Å². The molecular weight excluding hydrogens is 264 g/mol. The van der Waals surface area contributed by atoms with E-state index in [1.165, 1.54) is 12.8 Å². The second-order valence-electron chi connectivity index (χ2n) is 6.04. The molecule has 110 valence electrons. The van der Waals surface area contributed by atoms with E-state index in [1.807, 2.05) is 4.90 Å². The van der Waals surface area contributed by atoms with E-state index >= 15 is 0 Å². The van der Waals surface area contributed by atoms with Gasteiger partial charge in [0.1, 0.15) is 0 Å². The average molecular weight is 288 g/mol. The van der Waals surface area contributed by atoms with Crippen LogP contribution in [0, 0.1) is 5.92 Å². The predicted molar refractivity (Wildman–Crippen MR) is 74.1 cm³/mol. The summed E-state index contributed by atoms with van der Waals surface area (Å²) in [5.74, 6) is 0.689. The Hall–Kier alpha value is -0.620. The Morgan fingerprint density at radius 1 is 1.11 bits per heavy atom. The Labute approximate surface area is 115 Å². The minimum absolute atomic E-state index is 0.0625. The van der Waals surface area contributed by atoms with Crippen molar-refractivity contribution in [1.29, 1.82) is 0 Å². The lowest BCUT2D eigenvalue weighted by atomic mass is 9.86. The minimum atomic E-state index is -3.29. The van der Waals surface area contributed by atoms with Crippen LogP contribution in [-0.4, -0.2) is 44.1 Å². The molecule has 0 heterocycles. The van der Waals surface area contributed by atoms with Crippen LogP contribution in [0.1, 0.15) is 45.4 Å². The highest BCUT2D eigenvalue weighted by Crippen LogP contribution is 2.35. The molecule has 0 aliphatic heterocycles. The summed E-state index contributed by atoms with van der Waals surface area (Å²) in [5, 5.41) is 0. The summed E-state index contributed by atoms with van der Waals surface area (Å²) in [6, 6.07) is 0.671. The van der Waals surface area contributed by atoms with Crippen LogP contribution in [0.4, 0.5) is 0 Å². The molecule has 0 aromatic heterocycles. The highest BCUT2D eigenvalue weighted by atomic mass is 32.2. The van der Waals surface area contributed by atoms with Gasteiger partial charge in [0.15, 0.2) is 0 Å². The molecule has 2 rings (SSSR count). The number of amides is 1. The third kappa shape index (κ3) is 4.45. The van der Waals surface area contributed by atoms with Crippen LogP contribution in [0.25, 0.3) is 0 Å². The monoisotopic (exact) mass is 288 g/mol. The lowest BCUT2D eigenvalue weighted by molar-refractivity contribution is -0.133. The average Bonchev–Trinajstić information content (AvgIpc) is 3.13. The molecule has 2 saturated carbocycles. The van der Waals surface area contributed by atoms with Gasteiger partial charge in [-0.15, -0.1) is 0 Å². The van der Waals surface area contributed by atoms with Gasteiger partial charge >= 0.3 is 0 Å². The second kappa shape index (κ2) is 5.79. The summed E-state index contributed by atoms with van der Waals surface area (Å²) in [4.78, 5) is 14.2. The van der Waals surface area contributed by atoms with Crippen molar-refractivity contribution in [2.45, 2.75) is 57.5 Å². The van der Waals surface area contributed by atoms with Crippen LogP contribution in [0.5, 0.6) is 0 Å². The molecule has 1 amide bonds. The molecule has 0 unspecified atom stereocenters. The van der Waals surface area contributed by atoms with Gasteiger partial charge in [-0.05, 0) is 44.4 Å². The fraction of sp³-hybridized carbons (Fsp3) is 0.923. The molecule has 19 heavy (non-hydrogen) atoms. The Morgan fingerprint density at radius 2 is 1.58 bits per heavy atom. The second-order valence-corrected chi connectivity index (χ2v) is 7.87. The highest BCUT2D eigenvalue weighted by Gasteiger charge is 2.38. The molecule has 0 bridgehead atoms. The first-order valence-electron chi connectivity index (χ1n) is 7.12. The van der Waals surface area contributed by atoms with E-state index in [4.69, 9.17) is 0 Å². The Kier molecular flexibility index (Phi) is 4.50. The summed E-state index contributed by atoms with van der Waals surface area (Å²) in [6.45, 7) is 2.16. The van der Waals surface area contributed by atoms with Gasteiger partial charge in [-0.1, -0.05) is 6.92 Å². The third-order valence-electron chi connectivity index (χ3n) is 4.09. The Balaban J connectivity index is 1.94. The summed E-state index contributed by atoms with van der Waals surface area (Å²) in [7, 11) is -3.29. The lowest BCUT2D eigenvalue weighted by Gasteiger charge is -2.36. The SMILES string of the molecule is CC1CCC(N(C(=O)CNS(C)(=O)=O)C2CC2)CC1. The topological polar surface area (TPSA) is 66.5 Å². The van der Waals surface area contributed by atoms with Crippen molar-refractivity contribution in [3.63, 3.8) is 0 Å². The van der Waals surface area contributed by atoms with Crippen molar-refractivity contribution in [1.82, 2.24) is 9.62 Å². The van der Waals surface area contributed by atoms with Gasteiger partial charge in [0, 0.05) is 12.1 Å². The van der Waals surface area contributed by atoms with E-state index in [9.17, 15) is 13.2 Å². The van der Waals surface area contributed by atoms with Crippen molar-refractivity contribution in [3.05, 3.63) is 0 Å². The summed E-state index contributed by atoms with van der Waals surface area (Å²) in [6.07, 6.45) is 7.67. The van der Waals surface area contributed by atoms with E-state index in [1.54, 1.807) is 0 Å². The van der Waals surface area contributed by atoms with Gasteiger partial charge in [-0.25, -0.2) is 13.1 Å². The lowest BCUT2D eigenvalue weighted by Crippen LogP contribution is -2.47. The Morgan fingerprint density at radius 3 is 2.00 bits per heavy atom. The molecule has 0 radical (unpaired) electrons. The number of hydrogen-bond donors (Lipinski definition) is 1. The van der Waals surface area contributed by atoms with E-state index in [2.05, 4.69) is 11.6 Å². The molecule has 1 N–H and O–H groups in total. The molecule has 0 aromatic carbocycles. The standard InChI is InChI=1S/C13H24N2O3S/c1-10-3-5-11(6-4-10)15(12-7-8-12)13(16)9-14-19(2,17)18/h10-12,14H,3-9H2,1-2H3. The van der Waals surface area contributed by atoms with Gasteiger partial charge in [0.2, 0.25) is 15.9 Å². The fourth-order valence-corrected chi connectivity index (χ4v) is 3.25. The molecular formula is C13H24N2O3S. The zero-order valence-electron chi connectivity index (χ0n) is 11.8.